The van der Waals surface area contributed by atoms with Crippen molar-refractivity contribution in [3.05, 3.63) is 0 Å². The molecule has 1 heterocycles. The van der Waals surface area contributed by atoms with E-state index in [1.54, 1.807) is 0 Å². The van der Waals surface area contributed by atoms with Crippen molar-refractivity contribution in [2.75, 3.05) is 19.6 Å². The topological polar surface area (TPSA) is 29.3 Å². The molecule has 1 aliphatic heterocycles. The lowest BCUT2D eigenvalue weighted by Gasteiger charge is -2.40. The van der Waals surface area contributed by atoms with Gasteiger partial charge in [0.05, 0.1) is 0 Å². The van der Waals surface area contributed by atoms with E-state index in [1.165, 1.54) is 38.8 Å². The Morgan fingerprint density at radius 3 is 2.62 bits per heavy atom. The van der Waals surface area contributed by atoms with Gasteiger partial charge in [-0.15, -0.1) is 0 Å². The van der Waals surface area contributed by atoms with Crippen molar-refractivity contribution >= 4 is 0 Å². The molecule has 2 aliphatic rings. The first-order valence-electron chi connectivity index (χ1n) is 6.96. The number of hydrogen-bond donors (Lipinski definition) is 1. The Labute approximate surface area is 101 Å². The fourth-order valence-electron chi connectivity index (χ4n) is 3.53. The molecule has 1 aliphatic carbocycles. The van der Waals surface area contributed by atoms with Crippen molar-refractivity contribution in [2.45, 2.75) is 52.5 Å². The molecule has 0 radical (unpaired) electrons. The highest BCUT2D eigenvalue weighted by molar-refractivity contribution is 4.91. The standard InChI is InChI=1S/C14H28N2/c1-11-5-7-16(10-12(11)9-15)13-4-6-14(2,3)8-13/h11-13H,4-10,15H2,1-3H3. The van der Waals surface area contributed by atoms with E-state index < -0.39 is 0 Å². The summed E-state index contributed by atoms with van der Waals surface area (Å²) in [6, 6.07) is 0.844. The van der Waals surface area contributed by atoms with Gasteiger partial charge in [-0.25, -0.2) is 0 Å². The molecule has 1 saturated heterocycles. The second-order valence-corrected chi connectivity index (χ2v) is 6.82. The first kappa shape index (κ1) is 12.4. The summed E-state index contributed by atoms with van der Waals surface area (Å²) < 4.78 is 0. The maximum absolute atomic E-state index is 5.88. The molecule has 16 heavy (non-hydrogen) atoms. The summed E-state index contributed by atoms with van der Waals surface area (Å²) in [5.74, 6) is 1.56. The van der Waals surface area contributed by atoms with Crippen LogP contribution in [0.2, 0.25) is 0 Å². The van der Waals surface area contributed by atoms with Gasteiger partial charge in [-0.1, -0.05) is 20.8 Å². The smallest absolute Gasteiger partial charge is 0.0101 e. The molecule has 3 unspecified atom stereocenters. The summed E-state index contributed by atoms with van der Waals surface area (Å²) in [6.45, 7) is 10.6. The molecule has 2 heteroatoms. The Kier molecular flexibility index (Phi) is 3.60. The predicted octanol–water partition coefficient (Wildman–Crippen LogP) is 2.48. The van der Waals surface area contributed by atoms with E-state index in [1.807, 2.05) is 0 Å². The number of nitrogens with zero attached hydrogens (tertiary/aromatic N) is 1. The average molecular weight is 224 g/mol. The lowest BCUT2D eigenvalue weighted by molar-refractivity contribution is 0.0885. The number of rotatable bonds is 2. The van der Waals surface area contributed by atoms with Crippen molar-refractivity contribution in [3.63, 3.8) is 0 Å². The molecule has 3 atom stereocenters. The van der Waals surface area contributed by atoms with E-state index in [-0.39, 0.29) is 0 Å². The van der Waals surface area contributed by atoms with Crippen LogP contribution in [0.4, 0.5) is 0 Å². The zero-order valence-electron chi connectivity index (χ0n) is 11.2. The quantitative estimate of drug-likeness (QED) is 0.781. The molecule has 0 aromatic carbocycles. The number of hydrogen-bond acceptors (Lipinski definition) is 2. The molecule has 2 nitrogen and oxygen atoms in total. The predicted molar refractivity (Wildman–Crippen MR) is 69.3 cm³/mol. The van der Waals surface area contributed by atoms with Gasteiger partial charge in [-0.2, -0.15) is 0 Å². The second kappa shape index (κ2) is 4.66. The normalized spacial score (nSPS) is 40.1. The molecule has 0 aromatic rings. The summed E-state index contributed by atoms with van der Waals surface area (Å²) in [4.78, 5) is 2.73. The van der Waals surface area contributed by atoms with Crippen LogP contribution in [-0.4, -0.2) is 30.6 Å². The molecule has 94 valence electrons. The van der Waals surface area contributed by atoms with E-state index in [0.717, 1.165) is 24.4 Å². The van der Waals surface area contributed by atoms with Crippen molar-refractivity contribution < 1.29 is 0 Å². The largest absolute Gasteiger partial charge is 0.330 e. The number of nitrogens with two attached hydrogens (primary N) is 1. The molecule has 2 rings (SSSR count). The third-order valence-electron chi connectivity index (χ3n) is 4.91. The number of piperidine rings is 1. The lowest BCUT2D eigenvalue weighted by atomic mass is 9.86. The van der Waals surface area contributed by atoms with E-state index in [2.05, 4.69) is 25.7 Å². The van der Waals surface area contributed by atoms with Crippen LogP contribution in [0.3, 0.4) is 0 Å². The molecule has 0 bridgehead atoms. The van der Waals surface area contributed by atoms with Gasteiger partial charge in [0.1, 0.15) is 0 Å². The molecular weight excluding hydrogens is 196 g/mol. The Morgan fingerprint density at radius 1 is 1.31 bits per heavy atom. The Morgan fingerprint density at radius 2 is 2.06 bits per heavy atom. The number of likely N-dealkylation sites (tertiary alicyclic amines) is 1. The summed E-state index contributed by atoms with van der Waals surface area (Å²) in [7, 11) is 0. The zero-order chi connectivity index (χ0) is 11.8. The summed E-state index contributed by atoms with van der Waals surface area (Å²) in [5.41, 5.74) is 6.46. The highest BCUT2D eigenvalue weighted by atomic mass is 15.2. The first-order chi connectivity index (χ1) is 7.52. The molecule has 2 fully saturated rings. The summed E-state index contributed by atoms with van der Waals surface area (Å²) in [6.07, 6.45) is 5.53. The van der Waals surface area contributed by atoms with Gasteiger partial charge in [0.25, 0.3) is 0 Å². The third kappa shape index (κ3) is 2.60. The summed E-state index contributed by atoms with van der Waals surface area (Å²) >= 11 is 0. The van der Waals surface area contributed by atoms with Gasteiger partial charge in [-0.3, -0.25) is 0 Å². The molecule has 1 saturated carbocycles. The van der Waals surface area contributed by atoms with Crippen molar-refractivity contribution in [1.29, 1.82) is 0 Å². The van der Waals surface area contributed by atoms with Crippen LogP contribution in [0.1, 0.15) is 46.5 Å². The van der Waals surface area contributed by atoms with E-state index in [0.29, 0.717) is 5.41 Å². The van der Waals surface area contributed by atoms with Crippen LogP contribution < -0.4 is 5.73 Å². The fraction of sp³-hybridized carbons (Fsp3) is 1.00. The van der Waals surface area contributed by atoms with Crippen LogP contribution in [0, 0.1) is 17.3 Å². The van der Waals surface area contributed by atoms with Crippen LogP contribution >= 0.6 is 0 Å². The van der Waals surface area contributed by atoms with E-state index in [9.17, 15) is 0 Å². The van der Waals surface area contributed by atoms with E-state index >= 15 is 0 Å². The Balaban J connectivity index is 1.91. The minimum atomic E-state index is 0.575. The zero-order valence-corrected chi connectivity index (χ0v) is 11.2. The molecular formula is C14H28N2. The van der Waals surface area contributed by atoms with Gasteiger partial charge in [-0.05, 0) is 56.0 Å². The van der Waals surface area contributed by atoms with Gasteiger partial charge in [0, 0.05) is 12.6 Å². The van der Waals surface area contributed by atoms with E-state index in [4.69, 9.17) is 5.73 Å². The average Bonchev–Trinajstić information content (AvgIpc) is 2.59. The third-order valence-corrected chi connectivity index (χ3v) is 4.91. The minimum absolute atomic E-state index is 0.575. The molecule has 0 aromatic heterocycles. The van der Waals surface area contributed by atoms with Crippen molar-refractivity contribution in [2.24, 2.45) is 23.0 Å². The van der Waals surface area contributed by atoms with Crippen LogP contribution in [0.5, 0.6) is 0 Å². The summed E-state index contributed by atoms with van der Waals surface area (Å²) in [5, 5.41) is 0. The fourth-order valence-corrected chi connectivity index (χ4v) is 3.53. The highest BCUT2D eigenvalue weighted by Gasteiger charge is 2.37. The van der Waals surface area contributed by atoms with Crippen LogP contribution in [0.25, 0.3) is 0 Å². The van der Waals surface area contributed by atoms with Gasteiger partial charge in [0.2, 0.25) is 0 Å². The van der Waals surface area contributed by atoms with Crippen LogP contribution in [-0.2, 0) is 0 Å². The lowest BCUT2D eigenvalue weighted by Crippen LogP contribution is -2.46. The maximum atomic E-state index is 5.88. The van der Waals surface area contributed by atoms with Gasteiger partial charge in [0.15, 0.2) is 0 Å². The minimum Gasteiger partial charge on any atom is -0.330 e. The maximum Gasteiger partial charge on any atom is 0.0101 e. The van der Waals surface area contributed by atoms with Crippen molar-refractivity contribution in [3.8, 4) is 0 Å². The van der Waals surface area contributed by atoms with Crippen LogP contribution in [0.15, 0.2) is 0 Å². The van der Waals surface area contributed by atoms with Gasteiger partial charge >= 0.3 is 0 Å². The molecule has 2 N–H and O–H groups in total. The van der Waals surface area contributed by atoms with Crippen molar-refractivity contribution in [1.82, 2.24) is 4.90 Å². The second-order valence-electron chi connectivity index (χ2n) is 6.82. The van der Waals surface area contributed by atoms with Gasteiger partial charge < -0.3 is 10.6 Å². The SMILES string of the molecule is CC1CCN(C2CCC(C)(C)C2)CC1CN. The Bertz CT molecular complexity index is 237. The molecule has 0 spiro atoms. The molecule has 0 amide bonds. The monoisotopic (exact) mass is 224 g/mol. The highest BCUT2D eigenvalue weighted by Crippen LogP contribution is 2.40. The first-order valence-corrected chi connectivity index (χ1v) is 6.96. The Hall–Kier alpha value is -0.0800.